The van der Waals surface area contributed by atoms with Gasteiger partial charge in [-0.15, -0.1) is 0 Å². The standard InChI is InChI=1S/C21H16F4N4O2/c1-11-19(20(30)31)12(2)29(26-11)18-5-3-4-17-16(18)10-28(27-17)9-13-6-14(21(23,24)25)8-15(22)7-13/h3-8,10H,9H2,1-2H3,(H,30,31). The van der Waals surface area contributed by atoms with Crippen LogP contribution in [-0.4, -0.2) is 30.6 Å². The molecule has 1 N–H and O–H groups in total. The summed E-state index contributed by atoms with van der Waals surface area (Å²) in [6.07, 6.45) is -3.05. The quantitative estimate of drug-likeness (QED) is 0.473. The van der Waals surface area contributed by atoms with Gasteiger partial charge in [-0.05, 0) is 49.7 Å². The average molecular weight is 432 g/mol. The molecule has 0 fully saturated rings. The summed E-state index contributed by atoms with van der Waals surface area (Å²) < 4.78 is 55.6. The summed E-state index contributed by atoms with van der Waals surface area (Å²) >= 11 is 0. The normalized spacial score (nSPS) is 11.9. The van der Waals surface area contributed by atoms with E-state index in [1.54, 1.807) is 38.2 Å². The molecule has 2 heterocycles. The van der Waals surface area contributed by atoms with Crippen molar-refractivity contribution in [3.63, 3.8) is 0 Å². The number of hydrogen-bond donors (Lipinski definition) is 1. The van der Waals surface area contributed by atoms with Crippen LogP contribution in [0, 0.1) is 19.7 Å². The van der Waals surface area contributed by atoms with Crippen LogP contribution in [0.1, 0.15) is 32.9 Å². The summed E-state index contributed by atoms with van der Waals surface area (Å²) in [5, 5.41) is 18.7. The number of carbonyl (C=O) groups is 1. The molecule has 0 unspecified atom stereocenters. The van der Waals surface area contributed by atoms with Crippen LogP contribution >= 0.6 is 0 Å². The highest BCUT2D eigenvalue weighted by atomic mass is 19.4. The Morgan fingerprint density at radius 1 is 1.13 bits per heavy atom. The third-order valence-electron chi connectivity index (χ3n) is 4.94. The van der Waals surface area contributed by atoms with Crippen molar-refractivity contribution in [3.8, 4) is 5.69 Å². The first-order valence-electron chi connectivity index (χ1n) is 9.17. The van der Waals surface area contributed by atoms with Crippen LogP contribution < -0.4 is 0 Å². The molecule has 0 spiro atoms. The number of benzene rings is 2. The Hall–Kier alpha value is -3.69. The second kappa shape index (κ2) is 7.22. The zero-order valence-electron chi connectivity index (χ0n) is 16.4. The fourth-order valence-corrected chi connectivity index (χ4v) is 3.62. The summed E-state index contributed by atoms with van der Waals surface area (Å²) in [7, 11) is 0. The van der Waals surface area contributed by atoms with Crippen molar-refractivity contribution >= 4 is 16.9 Å². The fraction of sp³-hybridized carbons (Fsp3) is 0.190. The Bertz CT molecular complexity index is 1320. The summed E-state index contributed by atoms with van der Waals surface area (Å²) in [6, 6.07) is 7.54. The molecule has 0 aliphatic heterocycles. The molecule has 4 rings (SSSR count). The third kappa shape index (κ3) is 3.76. The van der Waals surface area contributed by atoms with Crippen molar-refractivity contribution in [1.82, 2.24) is 19.6 Å². The zero-order valence-corrected chi connectivity index (χ0v) is 16.4. The number of carboxylic acid groups (broad SMARTS) is 1. The molecule has 0 saturated carbocycles. The molecule has 0 atom stereocenters. The lowest BCUT2D eigenvalue weighted by molar-refractivity contribution is -0.137. The molecule has 0 bridgehead atoms. The third-order valence-corrected chi connectivity index (χ3v) is 4.94. The van der Waals surface area contributed by atoms with Crippen molar-refractivity contribution in [2.24, 2.45) is 0 Å². The molecule has 4 aromatic rings. The van der Waals surface area contributed by atoms with Crippen molar-refractivity contribution in [3.05, 3.63) is 76.5 Å². The van der Waals surface area contributed by atoms with Gasteiger partial charge in [-0.2, -0.15) is 23.4 Å². The maximum atomic E-state index is 13.7. The Morgan fingerprint density at radius 3 is 2.52 bits per heavy atom. The first kappa shape index (κ1) is 20.6. The van der Waals surface area contributed by atoms with E-state index in [-0.39, 0.29) is 17.7 Å². The Kier molecular flexibility index (Phi) is 4.79. The molecule has 0 radical (unpaired) electrons. The zero-order chi connectivity index (χ0) is 22.5. The lowest BCUT2D eigenvalue weighted by Gasteiger charge is -2.09. The molecular formula is C21H16F4N4O2. The number of aromatic nitrogens is 4. The number of rotatable bonds is 4. The van der Waals surface area contributed by atoms with Crippen LogP contribution in [-0.2, 0) is 12.7 Å². The van der Waals surface area contributed by atoms with Crippen LogP contribution in [0.5, 0.6) is 0 Å². The monoisotopic (exact) mass is 432 g/mol. The van der Waals surface area contributed by atoms with Gasteiger partial charge >= 0.3 is 12.1 Å². The van der Waals surface area contributed by atoms with Gasteiger partial charge in [0.1, 0.15) is 11.4 Å². The minimum atomic E-state index is -4.66. The summed E-state index contributed by atoms with van der Waals surface area (Å²) in [4.78, 5) is 11.5. The number of aryl methyl sites for hydroxylation is 1. The first-order chi connectivity index (χ1) is 14.5. The van der Waals surface area contributed by atoms with Crippen molar-refractivity contribution in [2.45, 2.75) is 26.6 Å². The Morgan fingerprint density at radius 2 is 1.87 bits per heavy atom. The molecule has 10 heteroatoms. The molecule has 160 valence electrons. The van der Waals surface area contributed by atoms with E-state index < -0.39 is 23.5 Å². The Balaban J connectivity index is 1.77. The Labute approximate surface area is 173 Å². The fourth-order valence-electron chi connectivity index (χ4n) is 3.62. The van der Waals surface area contributed by atoms with E-state index in [2.05, 4.69) is 10.2 Å². The van der Waals surface area contributed by atoms with Crippen LogP contribution in [0.2, 0.25) is 0 Å². The molecule has 6 nitrogen and oxygen atoms in total. The minimum absolute atomic E-state index is 0.0769. The number of nitrogens with zero attached hydrogens (tertiary/aromatic N) is 4. The number of carboxylic acids is 1. The number of fused-ring (bicyclic) bond motifs is 1. The van der Waals surface area contributed by atoms with Gasteiger partial charge in [-0.3, -0.25) is 4.68 Å². The molecule has 2 aromatic carbocycles. The van der Waals surface area contributed by atoms with Gasteiger partial charge in [-0.25, -0.2) is 13.9 Å². The molecule has 2 aromatic heterocycles. The molecular weight excluding hydrogens is 416 g/mol. The van der Waals surface area contributed by atoms with Crippen molar-refractivity contribution in [2.75, 3.05) is 0 Å². The number of alkyl halides is 3. The van der Waals surface area contributed by atoms with Gasteiger partial charge in [0.25, 0.3) is 0 Å². The summed E-state index contributed by atoms with van der Waals surface area (Å²) in [5.74, 6) is -2.07. The first-order valence-corrected chi connectivity index (χ1v) is 9.17. The van der Waals surface area contributed by atoms with Gasteiger partial charge in [0.2, 0.25) is 0 Å². The summed E-state index contributed by atoms with van der Waals surface area (Å²) in [6.45, 7) is 3.16. The van der Waals surface area contributed by atoms with Crippen molar-refractivity contribution < 1.29 is 27.5 Å². The van der Waals surface area contributed by atoms with Gasteiger partial charge in [0, 0.05) is 11.6 Å². The lowest BCUT2D eigenvalue weighted by atomic mass is 10.1. The van der Waals surface area contributed by atoms with Gasteiger partial charge in [0.05, 0.1) is 34.7 Å². The molecule has 31 heavy (non-hydrogen) atoms. The molecule has 0 aliphatic rings. The van der Waals surface area contributed by atoms with E-state index in [1.165, 1.54) is 9.36 Å². The number of hydrogen-bond acceptors (Lipinski definition) is 3. The second-order valence-electron chi connectivity index (χ2n) is 7.15. The minimum Gasteiger partial charge on any atom is -0.478 e. The van der Waals surface area contributed by atoms with E-state index in [0.717, 1.165) is 12.1 Å². The maximum Gasteiger partial charge on any atom is 0.416 e. The largest absolute Gasteiger partial charge is 0.478 e. The SMILES string of the molecule is Cc1nn(-c2cccc3nn(Cc4cc(F)cc(C(F)(F)F)c4)cc23)c(C)c1C(=O)O. The molecule has 0 saturated heterocycles. The molecule has 0 aliphatic carbocycles. The van der Waals surface area contributed by atoms with Gasteiger partial charge < -0.3 is 5.11 Å². The van der Waals surface area contributed by atoms with Crippen LogP contribution in [0.25, 0.3) is 16.6 Å². The van der Waals surface area contributed by atoms with E-state index in [0.29, 0.717) is 34.0 Å². The topological polar surface area (TPSA) is 72.9 Å². The number of halogens is 4. The second-order valence-corrected chi connectivity index (χ2v) is 7.15. The number of aromatic carboxylic acids is 1. The molecule has 0 amide bonds. The highest BCUT2D eigenvalue weighted by Crippen LogP contribution is 2.31. The van der Waals surface area contributed by atoms with Gasteiger partial charge in [-0.1, -0.05) is 6.07 Å². The van der Waals surface area contributed by atoms with E-state index >= 15 is 0 Å². The predicted molar refractivity (Wildman–Crippen MR) is 104 cm³/mol. The van der Waals surface area contributed by atoms with E-state index in [1.807, 2.05) is 0 Å². The van der Waals surface area contributed by atoms with Crippen LogP contribution in [0.15, 0.2) is 42.6 Å². The van der Waals surface area contributed by atoms with Crippen molar-refractivity contribution in [1.29, 1.82) is 0 Å². The maximum absolute atomic E-state index is 13.7. The van der Waals surface area contributed by atoms with E-state index in [4.69, 9.17) is 0 Å². The van der Waals surface area contributed by atoms with E-state index in [9.17, 15) is 27.5 Å². The van der Waals surface area contributed by atoms with Crippen LogP contribution in [0.3, 0.4) is 0 Å². The smallest absolute Gasteiger partial charge is 0.416 e. The van der Waals surface area contributed by atoms with Crippen LogP contribution in [0.4, 0.5) is 17.6 Å². The highest BCUT2D eigenvalue weighted by molar-refractivity contribution is 5.91. The predicted octanol–water partition coefficient (Wildman–Crippen LogP) is 4.74. The highest BCUT2D eigenvalue weighted by Gasteiger charge is 2.31. The van der Waals surface area contributed by atoms with Gasteiger partial charge in [0.15, 0.2) is 0 Å². The average Bonchev–Trinajstić information content (AvgIpc) is 3.19. The lowest BCUT2D eigenvalue weighted by Crippen LogP contribution is -2.08. The summed E-state index contributed by atoms with van der Waals surface area (Å²) in [5.41, 5.74) is 1.05.